The van der Waals surface area contributed by atoms with Gasteiger partial charge < -0.3 is 5.73 Å². The highest BCUT2D eigenvalue weighted by molar-refractivity contribution is 5.19. The summed E-state index contributed by atoms with van der Waals surface area (Å²) in [6.07, 6.45) is 7.62. The molecule has 0 radical (unpaired) electrons. The smallest absolute Gasteiger partial charge is 0.0315 e. The summed E-state index contributed by atoms with van der Waals surface area (Å²) in [7, 11) is 0. The van der Waals surface area contributed by atoms with Crippen LogP contribution >= 0.6 is 0 Å². The maximum Gasteiger partial charge on any atom is 0.0315 e. The molecule has 0 bridgehead atoms. The molecule has 2 rings (SSSR count). The first-order chi connectivity index (χ1) is 6.25. The minimum Gasteiger partial charge on any atom is -0.324 e. The van der Waals surface area contributed by atoms with Gasteiger partial charge in [0.1, 0.15) is 0 Å². The molecule has 2 N–H and O–H groups in total. The largest absolute Gasteiger partial charge is 0.324 e. The topological polar surface area (TPSA) is 38.9 Å². The third-order valence-electron chi connectivity index (χ3n) is 2.61. The van der Waals surface area contributed by atoms with E-state index in [2.05, 4.69) is 18.0 Å². The average Bonchev–Trinajstić information content (AvgIpc) is 2.88. The number of pyridine rings is 1. The molecule has 2 heteroatoms. The Morgan fingerprint density at radius 2 is 2.31 bits per heavy atom. The lowest BCUT2D eigenvalue weighted by Crippen LogP contribution is -2.11. The molecule has 0 unspecified atom stereocenters. The fraction of sp³-hybridized carbons (Fsp3) is 0.545. The van der Waals surface area contributed by atoms with Crippen molar-refractivity contribution in [1.29, 1.82) is 0 Å². The number of hydrogen-bond acceptors (Lipinski definition) is 2. The van der Waals surface area contributed by atoms with Crippen LogP contribution in [0.5, 0.6) is 0 Å². The maximum absolute atomic E-state index is 6.06. The Kier molecular flexibility index (Phi) is 2.32. The van der Waals surface area contributed by atoms with Gasteiger partial charge in [0.15, 0.2) is 0 Å². The number of rotatable bonds is 3. The van der Waals surface area contributed by atoms with Crippen molar-refractivity contribution < 1.29 is 0 Å². The average molecular weight is 176 g/mol. The highest BCUT2D eigenvalue weighted by Crippen LogP contribution is 2.36. The molecule has 0 saturated heterocycles. The van der Waals surface area contributed by atoms with E-state index < -0.39 is 0 Å². The van der Waals surface area contributed by atoms with Gasteiger partial charge in [-0.3, -0.25) is 4.98 Å². The summed E-state index contributed by atoms with van der Waals surface area (Å²) in [6.45, 7) is 2.06. The molecule has 0 amide bonds. The van der Waals surface area contributed by atoms with E-state index in [1.54, 1.807) is 0 Å². The number of hydrogen-bond donors (Lipinski definition) is 1. The zero-order chi connectivity index (χ0) is 9.26. The fourth-order valence-corrected chi connectivity index (χ4v) is 1.63. The van der Waals surface area contributed by atoms with E-state index in [9.17, 15) is 0 Å². The van der Waals surface area contributed by atoms with Crippen LogP contribution in [0.25, 0.3) is 0 Å². The van der Waals surface area contributed by atoms with Gasteiger partial charge in [-0.1, -0.05) is 18.9 Å². The molecule has 2 nitrogen and oxygen atoms in total. The SMILES string of the molecule is Cc1cncc([C@@H](N)CC2CC2)c1. The second kappa shape index (κ2) is 3.46. The zero-order valence-electron chi connectivity index (χ0n) is 8.03. The third-order valence-corrected chi connectivity index (χ3v) is 2.61. The molecule has 13 heavy (non-hydrogen) atoms. The predicted molar refractivity (Wildman–Crippen MR) is 53.2 cm³/mol. The molecular weight excluding hydrogens is 160 g/mol. The molecular formula is C11H16N2. The molecule has 1 aliphatic carbocycles. The minimum absolute atomic E-state index is 0.194. The van der Waals surface area contributed by atoms with Crippen LogP contribution in [0.2, 0.25) is 0 Å². The maximum atomic E-state index is 6.06. The van der Waals surface area contributed by atoms with Crippen LogP contribution in [0, 0.1) is 12.8 Å². The van der Waals surface area contributed by atoms with Gasteiger partial charge in [0.2, 0.25) is 0 Å². The predicted octanol–water partition coefficient (Wildman–Crippen LogP) is 2.19. The Labute approximate surface area is 79.2 Å². The van der Waals surface area contributed by atoms with E-state index in [0.717, 1.165) is 12.3 Å². The first kappa shape index (κ1) is 8.70. The summed E-state index contributed by atoms with van der Waals surface area (Å²) < 4.78 is 0. The Bertz CT molecular complexity index is 292. The van der Waals surface area contributed by atoms with Crippen molar-refractivity contribution in [1.82, 2.24) is 4.98 Å². The first-order valence-corrected chi connectivity index (χ1v) is 4.93. The molecule has 1 aliphatic rings. The van der Waals surface area contributed by atoms with E-state index in [-0.39, 0.29) is 6.04 Å². The molecule has 1 aromatic rings. The van der Waals surface area contributed by atoms with E-state index in [1.807, 2.05) is 12.4 Å². The van der Waals surface area contributed by atoms with Crippen LogP contribution in [0.15, 0.2) is 18.5 Å². The van der Waals surface area contributed by atoms with Crippen molar-refractivity contribution in [2.75, 3.05) is 0 Å². The fourth-order valence-electron chi connectivity index (χ4n) is 1.63. The second-order valence-corrected chi connectivity index (χ2v) is 4.08. The van der Waals surface area contributed by atoms with Crippen molar-refractivity contribution in [2.45, 2.75) is 32.2 Å². The first-order valence-electron chi connectivity index (χ1n) is 4.93. The summed E-state index contributed by atoms with van der Waals surface area (Å²) in [4.78, 5) is 4.15. The van der Waals surface area contributed by atoms with Gasteiger partial charge in [-0.2, -0.15) is 0 Å². The van der Waals surface area contributed by atoms with Gasteiger partial charge in [-0.25, -0.2) is 0 Å². The summed E-state index contributed by atoms with van der Waals surface area (Å²) in [6, 6.07) is 2.33. The molecule has 1 saturated carbocycles. The zero-order valence-corrected chi connectivity index (χ0v) is 8.03. The highest BCUT2D eigenvalue weighted by Gasteiger charge is 2.24. The molecule has 0 aliphatic heterocycles. The molecule has 70 valence electrons. The Morgan fingerprint density at radius 3 is 2.92 bits per heavy atom. The van der Waals surface area contributed by atoms with Crippen molar-refractivity contribution in [2.24, 2.45) is 11.7 Å². The quantitative estimate of drug-likeness (QED) is 0.766. The molecule has 0 spiro atoms. The van der Waals surface area contributed by atoms with Crippen LogP contribution < -0.4 is 5.73 Å². The van der Waals surface area contributed by atoms with Gasteiger partial charge in [0, 0.05) is 18.4 Å². The van der Waals surface area contributed by atoms with Crippen molar-refractivity contribution in [3.05, 3.63) is 29.6 Å². The number of nitrogens with two attached hydrogens (primary N) is 1. The van der Waals surface area contributed by atoms with Crippen molar-refractivity contribution in [3.63, 3.8) is 0 Å². The van der Waals surface area contributed by atoms with Gasteiger partial charge in [0.05, 0.1) is 0 Å². The monoisotopic (exact) mass is 176 g/mol. The highest BCUT2D eigenvalue weighted by atomic mass is 14.7. The van der Waals surface area contributed by atoms with Gasteiger partial charge in [-0.15, -0.1) is 0 Å². The molecule has 0 aromatic carbocycles. The van der Waals surface area contributed by atoms with E-state index in [4.69, 9.17) is 5.73 Å². The number of aryl methyl sites for hydroxylation is 1. The summed E-state index contributed by atoms with van der Waals surface area (Å²) in [5.41, 5.74) is 8.45. The summed E-state index contributed by atoms with van der Waals surface area (Å²) in [5, 5.41) is 0. The van der Waals surface area contributed by atoms with Gasteiger partial charge in [0.25, 0.3) is 0 Å². The van der Waals surface area contributed by atoms with Crippen LogP contribution in [-0.4, -0.2) is 4.98 Å². The van der Waals surface area contributed by atoms with Crippen molar-refractivity contribution in [3.8, 4) is 0 Å². The minimum atomic E-state index is 0.194. The van der Waals surface area contributed by atoms with Crippen LogP contribution in [-0.2, 0) is 0 Å². The Morgan fingerprint density at radius 1 is 1.54 bits per heavy atom. The lowest BCUT2D eigenvalue weighted by molar-refractivity contribution is 0.595. The van der Waals surface area contributed by atoms with E-state index in [1.165, 1.54) is 24.0 Å². The number of nitrogens with zero attached hydrogens (tertiary/aromatic N) is 1. The molecule has 1 atom stereocenters. The van der Waals surface area contributed by atoms with E-state index >= 15 is 0 Å². The van der Waals surface area contributed by atoms with Crippen LogP contribution in [0.4, 0.5) is 0 Å². The van der Waals surface area contributed by atoms with Crippen molar-refractivity contribution >= 4 is 0 Å². The van der Waals surface area contributed by atoms with Crippen LogP contribution in [0.1, 0.15) is 36.4 Å². The number of aromatic nitrogens is 1. The lowest BCUT2D eigenvalue weighted by atomic mass is 10.0. The lowest BCUT2D eigenvalue weighted by Gasteiger charge is -2.10. The molecule has 1 aromatic heterocycles. The van der Waals surface area contributed by atoms with Gasteiger partial charge >= 0.3 is 0 Å². The van der Waals surface area contributed by atoms with Crippen LogP contribution in [0.3, 0.4) is 0 Å². The Balaban J connectivity index is 2.04. The normalized spacial score (nSPS) is 18.6. The summed E-state index contributed by atoms with van der Waals surface area (Å²) >= 11 is 0. The molecule has 1 fully saturated rings. The van der Waals surface area contributed by atoms with Gasteiger partial charge in [-0.05, 0) is 30.4 Å². The summed E-state index contributed by atoms with van der Waals surface area (Å²) in [5.74, 6) is 0.885. The van der Waals surface area contributed by atoms with E-state index in [0.29, 0.717) is 0 Å². The molecule has 1 heterocycles. The standard InChI is InChI=1S/C11H16N2/c1-8-4-10(7-13-6-8)11(12)5-9-2-3-9/h4,6-7,9,11H,2-3,5,12H2,1H3/t11-/m0/s1. The Hall–Kier alpha value is -0.890. The second-order valence-electron chi connectivity index (χ2n) is 4.08. The third kappa shape index (κ3) is 2.28.